The second-order valence-corrected chi connectivity index (χ2v) is 9.94. The molecular weight excluding hydrogens is 406 g/mol. The molecular formula is C21H19N3O3S2. The van der Waals surface area contributed by atoms with Crippen molar-refractivity contribution in [3.63, 3.8) is 0 Å². The molecule has 0 saturated heterocycles. The van der Waals surface area contributed by atoms with Gasteiger partial charge in [0.1, 0.15) is 4.21 Å². The lowest BCUT2D eigenvalue weighted by molar-refractivity contribution is 0.0952. The standard InChI is InChI=1S/C21H19N3O3S2/c1-24(2)29(26,27)20-12-11-16(28-20)14-23-21(25)19-10-6-5-9-18(19)17-8-4-3-7-15(17)13-22/h3-12H,14H2,1-2H3,(H,23,25). The molecule has 3 rings (SSSR count). The van der Waals surface area contributed by atoms with Crippen molar-refractivity contribution in [3.05, 3.63) is 76.7 Å². The maximum Gasteiger partial charge on any atom is 0.252 e. The monoisotopic (exact) mass is 425 g/mol. The van der Waals surface area contributed by atoms with Crippen LogP contribution in [-0.4, -0.2) is 32.7 Å². The molecule has 2 aromatic carbocycles. The summed E-state index contributed by atoms with van der Waals surface area (Å²) in [6.07, 6.45) is 0. The zero-order chi connectivity index (χ0) is 21.0. The van der Waals surface area contributed by atoms with Gasteiger partial charge in [0, 0.05) is 30.1 Å². The van der Waals surface area contributed by atoms with Crippen LogP contribution < -0.4 is 5.32 Å². The third kappa shape index (κ3) is 4.38. The minimum Gasteiger partial charge on any atom is -0.347 e. The fourth-order valence-corrected chi connectivity index (χ4v) is 5.23. The first-order chi connectivity index (χ1) is 13.8. The van der Waals surface area contributed by atoms with Crippen molar-refractivity contribution in [1.82, 2.24) is 9.62 Å². The highest BCUT2D eigenvalue weighted by molar-refractivity contribution is 7.91. The summed E-state index contributed by atoms with van der Waals surface area (Å²) in [7, 11) is -0.531. The Balaban J connectivity index is 1.82. The van der Waals surface area contributed by atoms with Crippen molar-refractivity contribution >= 4 is 27.3 Å². The molecule has 29 heavy (non-hydrogen) atoms. The van der Waals surface area contributed by atoms with Crippen molar-refractivity contribution < 1.29 is 13.2 Å². The van der Waals surface area contributed by atoms with E-state index < -0.39 is 10.0 Å². The maximum absolute atomic E-state index is 12.8. The summed E-state index contributed by atoms with van der Waals surface area (Å²) in [6, 6.07) is 19.6. The van der Waals surface area contributed by atoms with Gasteiger partial charge in [0.2, 0.25) is 0 Å². The number of benzene rings is 2. The molecule has 148 valence electrons. The highest BCUT2D eigenvalue weighted by Gasteiger charge is 2.20. The normalized spacial score (nSPS) is 11.2. The number of amides is 1. The average molecular weight is 426 g/mol. The van der Waals surface area contributed by atoms with Gasteiger partial charge in [0.05, 0.1) is 18.2 Å². The molecule has 1 amide bonds. The molecule has 0 fully saturated rings. The van der Waals surface area contributed by atoms with Crippen LogP contribution in [0.2, 0.25) is 0 Å². The zero-order valence-corrected chi connectivity index (χ0v) is 17.5. The minimum atomic E-state index is -3.49. The van der Waals surface area contributed by atoms with E-state index in [-0.39, 0.29) is 16.7 Å². The molecule has 0 unspecified atom stereocenters. The predicted molar refractivity (Wildman–Crippen MR) is 113 cm³/mol. The van der Waals surface area contributed by atoms with Crippen molar-refractivity contribution in [2.45, 2.75) is 10.8 Å². The van der Waals surface area contributed by atoms with Crippen LogP contribution in [0.4, 0.5) is 0 Å². The van der Waals surface area contributed by atoms with Gasteiger partial charge in [0.25, 0.3) is 15.9 Å². The Labute approximate surface area is 174 Å². The number of sulfonamides is 1. The van der Waals surface area contributed by atoms with E-state index in [1.165, 1.54) is 14.1 Å². The fourth-order valence-electron chi connectivity index (χ4n) is 2.77. The number of hydrogen-bond donors (Lipinski definition) is 1. The lowest BCUT2D eigenvalue weighted by Crippen LogP contribution is -2.23. The summed E-state index contributed by atoms with van der Waals surface area (Å²) >= 11 is 1.12. The Bertz CT molecular complexity index is 1190. The number of nitriles is 1. The van der Waals surface area contributed by atoms with Gasteiger partial charge in [-0.15, -0.1) is 11.3 Å². The molecule has 0 bridgehead atoms. The Morgan fingerprint density at radius 3 is 2.38 bits per heavy atom. The van der Waals surface area contributed by atoms with Gasteiger partial charge < -0.3 is 5.32 Å². The van der Waals surface area contributed by atoms with E-state index >= 15 is 0 Å². The van der Waals surface area contributed by atoms with Crippen LogP contribution in [0.15, 0.2) is 64.9 Å². The molecule has 0 spiro atoms. The van der Waals surface area contributed by atoms with Crippen LogP contribution in [-0.2, 0) is 16.6 Å². The van der Waals surface area contributed by atoms with Gasteiger partial charge in [0.15, 0.2) is 0 Å². The quantitative estimate of drug-likeness (QED) is 0.655. The van der Waals surface area contributed by atoms with Crippen molar-refractivity contribution in [2.75, 3.05) is 14.1 Å². The van der Waals surface area contributed by atoms with Gasteiger partial charge in [-0.05, 0) is 29.8 Å². The SMILES string of the molecule is CN(C)S(=O)(=O)c1ccc(CNC(=O)c2ccccc2-c2ccccc2C#N)s1. The van der Waals surface area contributed by atoms with Crippen molar-refractivity contribution in [1.29, 1.82) is 5.26 Å². The number of nitrogens with one attached hydrogen (secondary N) is 1. The lowest BCUT2D eigenvalue weighted by atomic mass is 9.95. The van der Waals surface area contributed by atoms with Gasteiger partial charge in [-0.1, -0.05) is 36.4 Å². The third-order valence-electron chi connectivity index (χ3n) is 4.30. The summed E-state index contributed by atoms with van der Waals surface area (Å²) in [5.74, 6) is -0.293. The van der Waals surface area contributed by atoms with Crippen LogP contribution in [0.5, 0.6) is 0 Å². The molecule has 8 heteroatoms. The second kappa shape index (κ2) is 8.57. The predicted octanol–water partition coefficient (Wildman–Crippen LogP) is 3.47. The number of hydrogen-bond acceptors (Lipinski definition) is 5. The van der Waals surface area contributed by atoms with Crippen molar-refractivity contribution in [3.8, 4) is 17.2 Å². The van der Waals surface area contributed by atoms with E-state index in [2.05, 4.69) is 11.4 Å². The van der Waals surface area contributed by atoms with E-state index in [4.69, 9.17) is 0 Å². The molecule has 6 nitrogen and oxygen atoms in total. The van der Waals surface area contributed by atoms with Crippen LogP contribution in [0.3, 0.4) is 0 Å². The molecule has 0 saturated carbocycles. The largest absolute Gasteiger partial charge is 0.347 e. The van der Waals surface area contributed by atoms with E-state index in [0.29, 0.717) is 22.3 Å². The molecule has 1 N–H and O–H groups in total. The molecule has 0 radical (unpaired) electrons. The van der Waals surface area contributed by atoms with Crippen LogP contribution in [0.1, 0.15) is 20.8 Å². The molecule has 0 atom stereocenters. The number of carbonyl (C=O) groups is 1. The van der Waals surface area contributed by atoms with Gasteiger partial charge in [-0.2, -0.15) is 5.26 Å². The Morgan fingerprint density at radius 2 is 1.69 bits per heavy atom. The molecule has 0 aliphatic carbocycles. The van der Waals surface area contributed by atoms with E-state index in [1.54, 1.807) is 42.5 Å². The smallest absolute Gasteiger partial charge is 0.252 e. The number of nitrogens with zero attached hydrogens (tertiary/aromatic N) is 2. The number of thiophene rings is 1. The highest BCUT2D eigenvalue weighted by Crippen LogP contribution is 2.27. The summed E-state index contributed by atoms with van der Waals surface area (Å²) in [4.78, 5) is 13.5. The topological polar surface area (TPSA) is 90.3 Å². The summed E-state index contributed by atoms with van der Waals surface area (Å²) < 4.78 is 25.8. The Morgan fingerprint density at radius 1 is 1.03 bits per heavy atom. The zero-order valence-electron chi connectivity index (χ0n) is 15.9. The van der Waals surface area contributed by atoms with Gasteiger partial charge in [-0.3, -0.25) is 4.79 Å². The lowest BCUT2D eigenvalue weighted by Gasteiger charge is -2.11. The molecule has 0 aliphatic rings. The van der Waals surface area contributed by atoms with Crippen LogP contribution in [0, 0.1) is 11.3 Å². The summed E-state index contributed by atoms with van der Waals surface area (Å²) in [5, 5.41) is 12.2. The van der Waals surface area contributed by atoms with E-state index in [1.807, 2.05) is 18.2 Å². The summed E-state index contributed by atoms with van der Waals surface area (Å²) in [6.45, 7) is 0.209. The van der Waals surface area contributed by atoms with Gasteiger partial charge >= 0.3 is 0 Å². The first kappa shape index (κ1) is 20.7. The Kier molecular flexibility index (Phi) is 6.13. The first-order valence-corrected chi connectivity index (χ1v) is 11.0. The third-order valence-corrected chi connectivity index (χ3v) is 7.67. The van der Waals surface area contributed by atoms with Crippen LogP contribution in [0.25, 0.3) is 11.1 Å². The van der Waals surface area contributed by atoms with E-state index in [0.717, 1.165) is 20.5 Å². The Hall–Kier alpha value is -2.99. The fraction of sp³-hybridized carbons (Fsp3) is 0.143. The second-order valence-electron chi connectivity index (χ2n) is 6.39. The summed E-state index contributed by atoms with van der Waals surface area (Å²) in [5.41, 5.74) is 2.30. The highest BCUT2D eigenvalue weighted by atomic mass is 32.2. The molecule has 0 aliphatic heterocycles. The van der Waals surface area contributed by atoms with E-state index in [9.17, 15) is 18.5 Å². The minimum absolute atomic E-state index is 0.209. The van der Waals surface area contributed by atoms with Crippen molar-refractivity contribution in [2.24, 2.45) is 0 Å². The maximum atomic E-state index is 12.8. The number of carbonyl (C=O) groups excluding carboxylic acids is 1. The number of rotatable bonds is 6. The average Bonchev–Trinajstić information content (AvgIpc) is 3.21. The molecule has 1 aromatic heterocycles. The first-order valence-electron chi connectivity index (χ1n) is 8.72. The van der Waals surface area contributed by atoms with Gasteiger partial charge in [-0.25, -0.2) is 12.7 Å². The molecule has 3 aromatic rings. The van der Waals surface area contributed by atoms with Crippen LogP contribution >= 0.6 is 11.3 Å². The molecule has 1 heterocycles.